The molecule has 0 bridgehead atoms. The van der Waals surface area contributed by atoms with Gasteiger partial charge in [0.25, 0.3) is 11.9 Å². The topological polar surface area (TPSA) is 62.1 Å². The van der Waals surface area contributed by atoms with Gasteiger partial charge in [-0.15, -0.1) is 0 Å². The van der Waals surface area contributed by atoms with E-state index in [-0.39, 0.29) is 5.91 Å². The third-order valence-corrected chi connectivity index (χ3v) is 5.61. The average Bonchev–Trinajstić information content (AvgIpc) is 3.24. The van der Waals surface area contributed by atoms with Crippen LogP contribution < -0.4 is 9.80 Å². The van der Waals surface area contributed by atoms with E-state index in [1.54, 1.807) is 0 Å². The molecule has 5 rings (SSSR count). The van der Waals surface area contributed by atoms with Crippen LogP contribution in [0.3, 0.4) is 0 Å². The Balaban J connectivity index is 1.29. The Kier molecular flexibility index (Phi) is 4.81. The zero-order valence-corrected chi connectivity index (χ0v) is 16.3. The van der Waals surface area contributed by atoms with Gasteiger partial charge in [-0.1, -0.05) is 24.3 Å². The maximum absolute atomic E-state index is 13.3. The van der Waals surface area contributed by atoms with Gasteiger partial charge >= 0.3 is 0 Å². The molecule has 0 radical (unpaired) electrons. The summed E-state index contributed by atoms with van der Waals surface area (Å²) >= 11 is 0. The summed E-state index contributed by atoms with van der Waals surface area (Å²) < 4.78 is 11.3. The van der Waals surface area contributed by atoms with Gasteiger partial charge in [-0.25, -0.2) is 0 Å². The predicted molar refractivity (Wildman–Crippen MR) is 112 cm³/mol. The van der Waals surface area contributed by atoms with Gasteiger partial charge in [0.15, 0.2) is 5.58 Å². The molecule has 0 aliphatic carbocycles. The number of anilines is 2. The van der Waals surface area contributed by atoms with E-state index < -0.39 is 0 Å². The van der Waals surface area contributed by atoms with E-state index in [0.717, 1.165) is 35.4 Å². The molecule has 2 fully saturated rings. The van der Waals surface area contributed by atoms with Crippen molar-refractivity contribution in [3.8, 4) is 0 Å². The van der Waals surface area contributed by atoms with Crippen LogP contribution >= 0.6 is 0 Å². The number of rotatable bonds is 3. The highest BCUT2D eigenvalue weighted by Crippen LogP contribution is 2.25. The molecule has 7 nitrogen and oxygen atoms in total. The van der Waals surface area contributed by atoms with Crippen LogP contribution in [0, 0.1) is 0 Å². The zero-order valence-electron chi connectivity index (χ0n) is 16.3. The van der Waals surface area contributed by atoms with Crippen LogP contribution in [0.25, 0.3) is 11.1 Å². The number of amides is 1. The Morgan fingerprint density at radius 3 is 2.34 bits per heavy atom. The highest BCUT2D eigenvalue weighted by molar-refractivity contribution is 6.00. The summed E-state index contributed by atoms with van der Waals surface area (Å²) in [6.45, 7) is 5.74. The second kappa shape index (κ2) is 7.75. The minimum Gasteiger partial charge on any atom is -0.423 e. The smallest absolute Gasteiger partial charge is 0.298 e. The van der Waals surface area contributed by atoms with Gasteiger partial charge in [0.2, 0.25) is 0 Å². The standard InChI is InChI=1S/C22H24N4O3/c27-21(17-5-1-3-7-19(17)24-13-15-28-16-14-24)25-9-11-26(12-10-25)22-23-18-6-2-4-8-20(18)29-22/h1-8H,9-16H2. The number of piperazine rings is 1. The molecule has 7 heteroatoms. The quantitative estimate of drug-likeness (QED) is 0.683. The first-order valence-corrected chi connectivity index (χ1v) is 10.1. The van der Waals surface area contributed by atoms with E-state index in [4.69, 9.17) is 9.15 Å². The molecule has 0 N–H and O–H groups in total. The molecule has 0 unspecified atom stereocenters. The fourth-order valence-electron chi connectivity index (χ4n) is 4.00. The van der Waals surface area contributed by atoms with Crippen molar-refractivity contribution in [2.24, 2.45) is 0 Å². The number of oxazole rings is 1. The van der Waals surface area contributed by atoms with Crippen LogP contribution in [0.5, 0.6) is 0 Å². The molecule has 2 aromatic carbocycles. The summed E-state index contributed by atoms with van der Waals surface area (Å²) in [5.41, 5.74) is 3.42. The number of fused-ring (bicyclic) bond motifs is 1. The summed E-state index contributed by atoms with van der Waals surface area (Å²) in [6.07, 6.45) is 0. The van der Waals surface area contributed by atoms with Crippen molar-refractivity contribution in [3.63, 3.8) is 0 Å². The first-order valence-electron chi connectivity index (χ1n) is 10.1. The molecule has 0 saturated carbocycles. The number of para-hydroxylation sites is 3. The zero-order chi connectivity index (χ0) is 19.6. The fraction of sp³-hybridized carbons (Fsp3) is 0.364. The number of carbonyl (C=O) groups excluding carboxylic acids is 1. The molecular weight excluding hydrogens is 368 g/mol. The Labute approximate surface area is 169 Å². The number of ether oxygens (including phenoxy) is 1. The Morgan fingerprint density at radius 1 is 0.828 bits per heavy atom. The lowest BCUT2D eigenvalue weighted by Gasteiger charge is -2.35. The first kappa shape index (κ1) is 18.0. The van der Waals surface area contributed by atoms with Crippen LogP contribution in [0.15, 0.2) is 52.9 Å². The number of hydrogen-bond donors (Lipinski definition) is 0. The molecular formula is C22H24N4O3. The Hall–Kier alpha value is -3.06. The van der Waals surface area contributed by atoms with Gasteiger partial charge in [-0.3, -0.25) is 4.79 Å². The van der Waals surface area contributed by atoms with Gasteiger partial charge in [0, 0.05) is 45.0 Å². The van der Waals surface area contributed by atoms with Gasteiger partial charge in [-0.05, 0) is 24.3 Å². The molecule has 0 atom stereocenters. The fourth-order valence-corrected chi connectivity index (χ4v) is 4.00. The SMILES string of the molecule is O=C(c1ccccc1N1CCOCC1)N1CCN(c2nc3ccccc3o2)CC1. The van der Waals surface area contributed by atoms with Crippen molar-refractivity contribution in [3.05, 3.63) is 54.1 Å². The maximum Gasteiger partial charge on any atom is 0.298 e. The molecule has 3 heterocycles. The van der Waals surface area contributed by atoms with Gasteiger partial charge in [-0.2, -0.15) is 4.98 Å². The van der Waals surface area contributed by atoms with Crippen molar-refractivity contribution in [2.75, 3.05) is 62.3 Å². The monoisotopic (exact) mass is 392 g/mol. The minimum atomic E-state index is 0.0873. The Morgan fingerprint density at radius 2 is 1.55 bits per heavy atom. The molecule has 29 heavy (non-hydrogen) atoms. The van der Waals surface area contributed by atoms with Crippen LogP contribution in [-0.2, 0) is 4.74 Å². The van der Waals surface area contributed by atoms with Crippen LogP contribution in [0.2, 0.25) is 0 Å². The maximum atomic E-state index is 13.3. The number of benzene rings is 2. The summed E-state index contributed by atoms with van der Waals surface area (Å²) in [5, 5.41) is 0. The van der Waals surface area contributed by atoms with Crippen molar-refractivity contribution in [1.82, 2.24) is 9.88 Å². The summed E-state index contributed by atoms with van der Waals surface area (Å²) in [7, 11) is 0. The second-order valence-electron chi connectivity index (χ2n) is 7.36. The summed E-state index contributed by atoms with van der Waals surface area (Å²) in [4.78, 5) is 24.1. The van der Waals surface area contributed by atoms with Gasteiger partial charge in [0.05, 0.1) is 18.8 Å². The average molecular weight is 392 g/mol. The molecule has 2 saturated heterocycles. The third-order valence-electron chi connectivity index (χ3n) is 5.61. The summed E-state index contributed by atoms with van der Waals surface area (Å²) in [5.74, 6) is 0.0873. The van der Waals surface area contributed by atoms with E-state index in [1.807, 2.05) is 53.4 Å². The number of carbonyl (C=O) groups is 1. The Bertz CT molecular complexity index is 971. The van der Waals surface area contributed by atoms with E-state index in [0.29, 0.717) is 45.4 Å². The second-order valence-corrected chi connectivity index (χ2v) is 7.36. The molecule has 2 aliphatic heterocycles. The van der Waals surface area contributed by atoms with Gasteiger partial charge in [0.1, 0.15) is 5.52 Å². The van der Waals surface area contributed by atoms with E-state index in [2.05, 4.69) is 14.8 Å². The number of morpholine rings is 1. The molecule has 1 aromatic heterocycles. The minimum absolute atomic E-state index is 0.0873. The number of nitrogens with zero attached hydrogens (tertiary/aromatic N) is 4. The molecule has 150 valence electrons. The largest absolute Gasteiger partial charge is 0.423 e. The lowest BCUT2D eigenvalue weighted by molar-refractivity contribution is 0.0744. The molecule has 2 aliphatic rings. The van der Waals surface area contributed by atoms with Crippen molar-refractivity contribution < 1.29 is 13.9 Å². The van der Waals surface area contributed by atoms with Crippen molar-refractivity contribution in [2.45, 2.75) is 0 Å². The number of hydrogen-bond acceptors (Lipinski definition) is 6. The van der Waals surface area contributed by atoms with E-state index in [9.17, 15) is 4.79 Å². The first-order chi connectivity index (χ1) is 14.3. The predicted octanol–water partition coefficient (Wildman–Crippen LogP) is 2.63. The van der Waals surface area contributed by atoms with Crippen molar-refractivity contribution in [1.29, 1.82) is 0 Å². The summed E-state index contributed by atoms with van der Waals surface area (Å²) in [6, 6.07) is 16.3. The third kappa shape index (κ3) is 3.53. The van der Waals surface area contributed by atoms with E-state index in [1.165, 1.54) is 0 Å². The lowest BCUT2D eigenvalue weighted by atomic mass is 10.1. The highest BCUT2D eigenvalue weighted by atomic mass is 16.5. The lowest BCUT2D eigenvalue weighted by Crippen LogP contribution is -2.49. The van der Waals surface area contributed by atoms with E-state index >= 15 is 0 Å². The van der Waals surface area contributed by atoms with Crippen LogP contribution in [0.4, 0.5) is 11.7 Å². The molecule has 0 spiro atoms. The van der Waals surface area contributed by atoms with Crippen LogP contribution in [-0.4, -0.2) is 68.3 Å². The van der Waals surface area contributed by atoms with Crippen LogP contribution in [0.1, 0.15) is 10.4 Å². The van der Waals surface area contributed by atoms with Gasteiger partial charge < -0.3 is 23.9 Å². The molecule has 1 amide bonds. The normalized spacial score (nSPS) is 17.7. The van der Waals surface area contributed by atoms with Crippen molar-refractivity contribution >= 4 is 28.7 Å². The highest BCUT2D eigenvalue weighted by Gasteiger charge is 2.27. The molecule has 3 aromatic rings. The number of aromatic nitrogens is 1.